The fraction of sp³-hybridized carbons (Fsp3) is 0.227. The van der Waals surface area contributed by atoms with Crippen LogP contribution < -0.4 is 0 Å². The van der Waals surface area contributed by atoms with Crippen LogP contribution in [0.3, 0.4) is 0 Å². The number of nitrogens with zero attached hydrogens (tertiary/aromatic N) is 4. The standard InChI is InChI=1S/C22H19FN4OS/c23-16-7-9-17(10-8-16)27-14-24-12-19(27)22(28)26-11-3-4-15(13-26)21-25-18-5-1-2-6-20(18)29-21/h1-2,5-10,12,14-15H,3-4,11,13H2/t15-/m0/s1. The molecule has 1 atom stereocenters. The van der Waals surface area contributed by atoms with Crippen LogP contribution in [0.25, 0.3) is 15.9 Å². The lowest BCUT2D eigenvalue weighted by Crippen LogP contribution is -2.39. The number of likely N-dealkylation sites (tertiary alicyclic amines) is 1. The highest BCUT2D eigenvalue weighted by Gasteiger charge is 2.29. The van der Waals surface area contributed by atoms with Crippen molar-refractivity contribution in [2.45, 2.75) is 18.8 Å². The molecule has 146 valence electrons. The number of fused-ring (bicyclic) bond motifs is 1. The molecule has 1 amide bonds. The molecule has 2 aromatic heterocycles. The molecule has 0 N–H and O–H groups in total. The summed E-state index contributed by atoms with van der Waals surface area (Å²) in [6.45, 7) is 1.36. The lowest BCUT2D eigenvalue weighted by atomic mass is 9.98. The molecule has 1 aliphatic heterocycles. The SMILES string of the molecule is O=C(c1cncn1-c1ccc(F)cc1)N1CCC[C@H](c2nc3ccccc3s2)C1. The fourth-order valence-corrected chi connectivity index (χ4v) is 4.94. The summed E-state index contributed by atoms with van der Waals surface area (Å²) in [5.41, 5.74) is 2.22. The number of benzene rings is 2. The highest BCUT2D eigenvalue weighted by Crippen LogP contribution is 2.33. The summed E-state index contributed by atoms with van der Waals surface area (Å²) < 4.78 is 16.1. The lowest BCUT2D eigenvalue weighted by molar-refractivity contribution is 0.0699. The van der Waals surface area contributed by atoms with Crippen LogP contribution >= 0.6 is 11.3 Å². The van der Waals surface area contributed by atoms with Crippen molar-refractivity contribution in [1.82, 2.24) is 19.4 Å². The van der Waals surface area contributed by atoms with Crippen molar-refractivity contribution in [3.8, 4) is 5.69 Å². The average Bonchev–Trinajstić information content (AvgIpc) is 3.41. The van der Waals surface area contributed by atoms with E-state index in [1.165, 1.54) is 16.8 Å². The quantitative estimate of drug-likeness (QED) is 0.498. The largest absolute Gasteiger partial charge is 0.337 e. The van der Waals surface area contributed by atoms with Gasteiger partial charge in [0.2, 0.25) is 0 Å². The second-order valence-electron chi connectivity index (χ2n) is 7.24. The molecule has 0 saturated carbocycles. The number of para-hydroxylation sites is 1. The molecule has 0 spiro atoms. The van der Waals surface area contributed by atoms with Crippen LogP contribution in [0.1, 0.15) is 34.3 Å². The Kier molecular flexibility index (Phi) is 4.60. The molecule has 5 rings (SSSR count). The normalized spacial score (nSPS) is 17.0. The van der Waals surface area contributed by atoms with Crippen molar-refractivity contribution in [1.29, 1.82) is 0 Å². The monoisotopic (exact) mass is 406 g/mol. The van der Waals surface area contributed by atoms with Crippen LogP contribution in [0.15, 0.2) is 61.1 Å². The summed E-state index contributed by atoms with van der Waals surface area (Å²) in [7, 11) is 0. The van der Waals surface area contributed by atoms with E-state index in [0.29, 0.717) is 17.9 Å². The van der Waals surface area contributed by atoms with Gasteiger partial charge in [-0.05, 0) is 49.2 Å². The Bertz CT molecular complexity index is 1130. The molecule has 0 bridgehead atoms. The number of carbonyl (C=O) groups excluding carboxylic acids is 1. The average molecular weight is 406 g/mol. The van der Waals surface area contributed by atoms with E-state index in [0.717, 1.165) is 29.9 Å². The summed E-state index contributed by atoms with van der Waals surface area (Å²) in [5, 5.41) is 1.09. The maximum atomic E-state index is 13.3. The van der Waals surface area contributed by atoms with Gasteiger partial charge in [-0.15, -0.1) is 11.3 Å². The predicted octanol–water partition coefficient (Wildman–Crippen LogP) is 4.64. The van der Waals surface area contributed by atoms with Gasteiger partial charge in [0.15, 0.2) is 0 Å². The first-order chi connectivity index (χ1) is 14.2. The molecule has 0 aliphatic carbocycles. The van der Waals surface area contributed by atoms with Crippen molar-refractivity contribution >= 4 is 27.5 Å². The first-order valence-electron chi connectivity index (χ1n) is 9.62. The van der Waals surface area contributed by atoms with Crippen molar-refractivity contribution in [2.24, 2.45) is 0 Å². The van der Waals surface area contributed by atoms with Gasteiger partial charge in [-0.25, -0.2) is 14.4 Å². The van der Waals surface area contributed by atoms with Crippen LogP contribution in [0.4, 0.5) is 4.39 Å². The molecule has 0 unspecified atom stereocenters. The number of piperidine rings is 1. The second kappa shape index (κ2) is 7.40. The first kappa shape index (κ1) is 18.0. The second-order valence-corrected chi connectivity index (χ2v) is 8.30. The van der Waals surface area contributed by atoms with Crippen molar-refractivity contribution in [2.75, 3.05) is 13.1 Å². The zero-order valence-electron chi connectivity index (χ0n) is 15.7. The highest BCUT2D eigenvalue weighted by molar-refractivity contribution is 7.18. The molecular formula is C22H19FN4OS. The smallest absolute Gasteiger partial charge is 0.272 e. The van der Waals surface area contributed by atoms with E-state index in [-0.39, 0.29) is 17.6 Å². The number of carbonyl (C=O) groups is 1. The van der Waals surface area contributed by atoms with E-state index >= 15 is 0 Å². The summed E-state index contributed by atoms with van der Waals surface area (Å²) in [6.07, 6.45) is 5.14. The van der Waals surface area contributed by atoms with Gasteiger partial charge in [0.05, 0.1) is 27.7 Å². The number of rotatable bonds is 3. The van der Waals surface area contributed by atoms with Gasteiger partial charge in [0.25, 0.3) is 5.91 Å². The number of amides is 1. The summed E-state index contributed by atoms with van der Waals surface area (Å²) in [6, 6.07) is 14.2. The number of hydrogen-bond acceptors (Lipinski definition) is 4. The molecule has 29 heavy (non-hydrogen) atoms. The Labute approximate surface area is 171 Å². The minimum atomic E-state index is -0.309. The van der Waals surface area contributed by atoms with Crippen molar-refractivity contribution < 1.29 is 9.18 Å². The van der Waals surface area contributed by atoms with E-state index in [1.807, 2.05) is 23.1 Å². The van der Waals surface area contributed by atoms with E-state index in [2.05, 4.69) is 11.1 Å². The molecule has 1 fully saturated rings. The van der Waals surface area contributed by atoms with E-state index in [9.17, 15) is 9.18 Å². The summed E-state index contributed by atoms with van der Waals surface area (Å²) in [4.78, 5) is 24.1. The van der Waals surface area contributed by atoms with E-state index < -0.39 is 0 Å². The summed E-state index contributed by atoms with van der Waals surface area (Å²) >= 11 is 1.71. The fourth-order valence-electron chi connectivity index (χ4n) is 3.85. The third-order valence-electron chi connectivity index (χ3n) is 5.33. The van der Waals surface area contributed by atoms with Crippen LogP contribution in [-0.4, -0.2) is 38.4 Å². The predicted molar refractivity (Wildman–Crippen MR) is 111 cm³/mol. The van der Waals surface area contributed by atoms with Gasteiger partial charge >= 0.3 is 0 Å². The van der Waals surface area contributed by atoms with Gasteiger partial charge in [0.1, 0.15) is 11.5 Å². The zero-order valence-corrected chi connectivity index (χ0v) is 16.5. The van der Waals surface area contributed by atoms with Crippen molar-refractivity contribution in [3.05, 3.63) is 77.6 Å². The van der Waals surface area contributed by atoms with Crippen LogP contribution in [0, 0.1) is 5.82 Å². The van der Waals surface area contributed by atoms with Crippen LogP contribution in [0.2, 0.25) is 0 Å². The van der Waals surface area contributed by atoms with Crippen LogP contribution in [0.5, 0.6) is 0 Å². The Balaban J connectivity index is 1.39. The number of imidazole rings is 1. The first-order valence-corrected chi connectivity index (χ1v) is 10.4. The Morgan fingerprint density at radius 2 is 1.97 bits per heavy atom. The molecular weight excluding hydrogens is 387 g/mol. The molecule has 7 heteroatoms. The number of hydrogen-bond donors (Lipinski definition) is 0. The highest BCUT2D eigenvalue weighted by atomic mass is 32.1. The van der Waals surface area contributed by atoms with Crippen LogP contribution in [-0.2, 0) is 0 Å². The third kappa shape index (κ3) is 3.42. The van der Waals surface area contributed by atoms with Gasteiger partial charge < -0.3 is 4.90 Å². The molecule has 1 saturated heterocycles. The molecule has 2 aromatic carbocycles. The molecule has 1 aliphatic rings. The minimum Gasteiger partial charge on any atom is -0.337 e. The van der Waals surface area contributed by atoms with Gasteiger partial charge in [-0.3, -0.25) is 9.36 Å². The molecule has 0 radical (unpaired) electrons. The molecule has 3 heterocycles. The van der Waals surface area contributed by atoms with E-state index in [4.69, 9.17) is 4.98 Å². The zero-order chi connectivity index (χ0) is 19.8. The number of aromatic nitrogens is 3. The molecule has 4 aromatic rings. The maximum Gasteiger partial charge on any atom is 0.272 e. The van der Waals surface area contributed by atoms with Gasteiger partial charge in [-0.1, -0.05) is 12.1 Å². The minimum absolute atomic E-state index is 0.0577. The Morgan fingerprint density at radius 1 is 1.14 bits per heavy atom. The molecule has 5 nitrogen and oxygen atoms in total. The van der Waals surface area contributed by atoms with Gasteiger partial charge in [0, 0.05) is 24.7 Å². The third-order valence-corrected chi connectivity index (χ3v) is 6.53. The number of thiazole rings is 1. The lowest BCUT2D eigenvalue weighted by Gasteiger charge is -2.32. The number of halogens is 1. The van der Waals surface area contributed by atoms with Crippen molar-refractivity contribution in [3.63, 3.8) is 0 Å². The van der Waals surface area contributed by atoms with Gasteiger partial charge in [-0.2, -0.15) is 0 Å². The summed E-state index contributed by atoms with van der Waals surface area (Å²) in [5.74, 6) is -0.124. The Morgan fingerprint density at radius 3 is 2.79 bits per heavy atom. The maximum absolute atomic E-state index is 13.3. The Hall–Kier alpha value is -3.06. The van der Waals surface area contributed by atoms with E-state index in [1.54, 1.807) is 40.6 Å². The topological polar surface area (TPSA) is 51.0 Å².